The first kappa shape index (κ1) is 13.5. The van der Waals surface area contributed by atoms with E-state index < -0.39 is 0 Å². The second-order valence-electron chi connectivity index (χ2n) is 4.05. The fourth-order valence-corrected chi connectivity index (χ4v) is 1.93. The van der Waals surface area contributed by atoms with Crippen LogP contribution in [0.4, 0.5) is 0 Å². The van der Waals surface area contributed by atoms with Crippen LogP contribution in [-0.2, 0) is 0 Å². The van der Waals surface area contributed by atoms with Gasteiger partial charge in [-0.3, -0.25) is 0 Å². The molecule has 1 aromatic rings. The fraction of sp³-hybridized carbons (Fsp3) is 0.294. The van der Waals surface area contributed by atoms with Gasteiger partial charge in [-0.1, -0.05) is 62.9 Å². The van der Waals surface area contributed by atoms with Crippen LogP contribution < -0.4 is 0 Å². The van der Waals surface area contributed by atoms with E-state index >= 15 is 0 Å². The second kappa shape index (κ2) is 6.90. The number of benzene rings is 1. The van der Waals surface area contributed by atoms with Crippen LogP contribution in [0.5, 0.6) is 0 Å². The van der Waals surface area contributed by atoms with Gasteiger partial charge in [0, 0.05) is 0 Å². The van der Waals surface area contributed by atoms with Gasteiger partial charge in [0.1, 0.15) is 0 Å². The van der Waals surface area contributed by atoms with Gasteiger partial charge in [0.05, 0.1) is 0 Å². The van der Waals surface area contributed by atoms with E-state index in [1.54, 1.807) is 0 Å². The van der Waals surface area contributed by atoms with Gasteiger partial charge in [0.2, 0.25) is 0 Å². The van der Waals surface area contributed by atoms with Crippen molar-refractivity contribution in [2.45, 2.75) is 33.6 Å². The molecule has 0 aliphatic rings. The summed E-state index contributed by atoms with van der Waals surface area (Å²) in [6.07, 6.45) is 6.49. The number of allylic oxidation sites excluding steroid dienone is 5. The summed E-state index contributed by atoms with van der Waals surface area (Å²) in [4.78, 5) is 0. The van der Waals surface area contributed by atoms with E-state index in [0.29, 0.717) is 0 Å². The molecule has 0 aliphatic carbocycles. The molecule has 0 N–H and O–H groups in total. The van der Waals surface area contributed by atoms with E-state index in [9.17, 15) is 0 Å². The molecule has 0 radical (unpaired) electrons. The van der Waals surface area contributed by atoms with Crippen LogP contribution in [-0.4, -0.2) is 0 Å². The van der Waals surface area contributed by atoms with Crippen LogP contribution in [0.2, 0.25) is 0 Å². The van der Waals surface area contributed by atoms with Crippen molar-refractivity contribution < 1.29 is 0 Å². The molecule has 0 heteroatoms. The van der Waals surface area contributed by atoms with Gasteiger partial charge < -0.3 is 0 Å². The minimum absolute atomic E-state index is 0.996. The van der Waals surface area contributed by atoms with Crippen molar-refractivity contribution in [2.24, 2.45) is 0 Å². The largest absolute Gasteiger partial charge is 0.0952 e. The van der Waals surface area contributed by atoms with Crippen molar-refractivity contribution in [3.63, 3.8) is 0 Å². The summed E-state index contributed by atoms with van der Waals surface area (Å²) in [7, 11) is 0. The predicted octanol–water partition coefficient (Wildman–Crippen LogP) is 5.39. The van der Waals surface area contributed by atoms with E-state index in [0.717, 1.165) is 12.8 Å². The van der Waals surface area contributed by atoms with Crippen LogP contribution in [0.1, 0.15) is 39.2 Å². The minimum Gasteiger partial charge on any atom is -0.0952 e. The van der Waals surface area contributed by atoms with Gasteiger partial charge >= 0.3 is 0 Å². The molecule has 0 bridgehead atoms. The van der Waals surface area contributed by atoms with Gasteiger partial charge in [0.25, 0.3) is 0 Å². The lowest BCUT2D eigenvalue weighted by molar-refractivity contribution is 1.11. The summed E-state index contributed by atoms with van der Waals surface area (Å²) in [6.45, 7) is 10.6. The first-order valence-corrected chi connectivity index (χ1v) is 6.34. The normalized spacial score (nSPS) is 12.6. The first-order valence-electron chi connectivity index (χ1n) is 6.34. The van der Waals surface area contributed by atoms with Crippen LogP contribution in [0.15, 0.2) is 60.2 Å². The van der Waals surface area contributed by atoms with Crippen LogP contribution in [0.3, 0.4) is 0 Å². The van der Waals surface area contributed by atoms with Crippen LogP contribution in [0.25, 0.3) is 5.57 Å². The van der Waals surface area contributed by atoms with Gasteiger partial charge in [0.15, 0.2) is 0 Å². The van der Waals surface area contributed by atoms with Gasteiger partial charge in [-0.05, 0) is 42.0 Å². The molecule has 0 saturated carbocycles. The molecule has 0 nitrogen and oxygen atoms in total. The smallest absolute Gasteiger partial charge is 0.0155 e. The van der Waals surface area contributed by atoms with Gasteiger partial charge in [-0.15, -0.1) is 0 Å². The monoisotopic (exact) mass is 226 g/mol. The number of hydrogen-bond acceptors (Lipinski definition) is 0. The van der Waals surface area contributed by atoms with E-state index in [1.165, 1.54) is 22.3 Å². The summed E-state index contributed by atoms with van der Waals surface area (Å²) in [5.41, 5.74) is 5.07. The molecule has 0 unspecified atom stereocenters. The number of hydrogen-bond donors (Lipinski definition) is 0. The Morgan fingerprint density at radius 3 is 2.29 bits per heavy atom. The maximum absolute atomic E-state index is 4.18. The molecule has 0 amide bonds. The quantitative estimate of drug-likeness (QED) is 0.590. The maximum atomic E-state index is 4.18. The molecule has 0 saturated heterocycles. The van der Waals surface area contributed by atoms with Crippen molar-refractivity contribution in [3.8, 4) is 0 Å². The lowest BCUT2D eigenvalue weighted by atomic mass is 9.91. The Balaban J connectivity index is 3.17. The Labute approximate surface area is 105 Å². The first-order chi connectivity index (χ1) is 8.24. The summed E-state index contributed by atoms with van der Waals surface area (Å²) >= 11 is 0. The lowest BCUT2D eigenvalue weighted by Gasteiger charge is -2.14. The molecule has 0 heterocycles. The predicted molar refractivity (Wildman–Crippen MR) is 77.9 cm³/mol. The molecule has 17 heavy (non-hydrogen) atoms. The molecule has 90 valence electrons. The Bertz CT molecular complexity index is 419. The molecular weight excluding hydrogens is 204 g/mol. The molecule has 0 aromatic heterocycles. The Kier molecular flexibility index (Phi) is 5.48. The molecule has 1 rings (SSSR count). The molecule has 0 atom stereocenters. The van der Waals surface area contributed by atoms with E-state index in [-0.39, 0.29) is 0 Å². The fourth-order valence-electron chi connectivity index (χ4n) is 1.93. The van der Waals surface area contributed by atoms with Crippen LogP contribution >= 0.6 is 0 Å². The Morgan fingerprint density at radius 1 is 1.18 bits per heavy atom. The van der Waals surface area contributed by atoms with Crippen molar-refractivity contribution in [2.75, 3.05) is 0 Å². The van der Waals surface area contributed by atoms with Crippen molar-refractivity contribution in [1.82, 2.24) is 0 Å². The average Bonchev–Trinajstić information content (AvgIpc) is 2.39. The SMILES string of the molecule is C=C(CC)C(=C/CC)/C(=C\C)c1ccccc1. The molecule has 0 fully saturated rings. The average molecular weight is 226 g/mol. The van der Waals surface area contributed by atoms with E-state index in [4.69, 9.17) is 0 Å². The minimum atomic E-state index is 0.996. The zero-order valence-electron chi connectivity index (χ0n) is 11.2. The van der Waals surface area contributed by atoms with E-state index in [2.05, 4.69) is 69.8 Å². The summed E-state index contributed by atoms with van der Waals surface area (Å²) < 4.78 is 0. The highest BCUT2D eigenvalue weighted by Crippen LogP contribution is 2.29. The van der Waals surface area contributed by atoms with Crippen LogP contribution in [0, 0.1) is 0 Å². The second-order valence-corrected chi connectivity index (χ2v) is 4.05. The zero-order valence-corrected chi connectivity index (χ0v) is 11.2. The highest BCUT2D eigenvalue weighted by Gasteiger charge is 2.08. The Hall–Kier alpha value is -1.56. The summed E-state index contributed by atoms with van der Waals surface area (Å²) in [5, 5.41) is 0. The number of rotatable bonds is 5. The zero-order chi connectivity index (χ0) is 12.7. The van der Waals surface area contributed by atoms with Crippen molar-refractivity contribution in [3.05, 3.63) is 65.8 Å². The lowest BCUT2D eigenvalue weighted by Crippen LogP contribution is -1.93. The van der Waals surface area contributed by atoms with Crippen molar-refractivity contribution in [1.29, 1.82) is 0 Å². The maximum Gasteiger partial charge on any atom is -0.0155 e. The topological polar surface area (TPSA) is 0 Å². The third-order valence-electron chi connectivity index (χ3n) is 2.88. The molecule has 0 aliphatic heterocycles. The third kappa shape index (κ3) is 3.45. The van der Waals surface area contributed by atoms with Gasteiger partial charge in [-0.25, -0.2) is 0 Å². The summed E-state index contributed by atoms with van der Waals surface area (Å²) in [5.74, 6) is 0. The standard InChI is InChI=1S/C17H22/c1-5-11-17(14(4)6-2)16(7-3)15-12-9-8-10-13-15/h7-13H,4-6H2,1-3H3/b16-7-,17-11-. The molecule has 1 aromatic carbocycles. The molecule has 0 spiro atoms. The highest BCUT2D eigenvalue weighted by atomic mass is 14.1. The van der Waals surface area contributed by atoms with Crippen molar-refractivity contribution >= 4 is 5.57 Å². The Morgan fingerprint density at radius 2 is 1.82 bits per heavy atom. The third-order valence-corrected chi connectivity index (χ3v) is 2.88. The molecular formula is C17H22. The van der Waals surface area contributed by atoms with E-state index in [1.807, 2.05) is 0 Å². The summed E-state index contributed by atoms with van der Waals surface area (Å²) in [6, 6.07) is 10.5. The van der Waals surface area contributed by atoms with Gasteiger partial charge in [-0.2, -0.15) is 0 Å². The highest BCUT2D eigenvalue weighted by molar-refractivity contribution is 5.83.